The average molecular weight is 222 g/mol. The van der Waals surface area contributed by atoms with Gasteiger partial charge in [0.2, 0.25) is 0 Å². The van der Waals surface area contributed by atoms with Crippen molar-refractivity contribution in [2.75, 3.05) is 11.9 Å². The van der Waals surface area contributed by atoms with Gasteiger partial charge in [-0.2, -0.15) is 0 Å². The Hall–Kier alpha value is -1.62. The maximum Gasteiger partial charge on any atom is 0.354 e. The van der Waals surface area contributed by atoms with Gasteiger partial charge in [-0.05, 0) is 30.9 Å². The number of rotatable bonds is 4. The third kappa shape index (κ3) is 2.49. The van der Waals surface area contributed by atoms with E-state index in [1.165, 1.54) is 6.07 Å². The second-order valence-corrected chi connectivity index (χ2v) is 4.09. The fourth-order valence-electron chi connectivity index (χ4n) is 1.77. The molecule has 1 aromatic heterocycles. The van der Waals surface area contributed by atoms with Crippen LogP contribution in [0.25, 0.3) is 0 Å². The normalized spacial score (nSPS) is 23.6. The van der Waals surface area contributed by atoms with Gasteiger partial charge in [0.25, 0.3) is 0 Å². The molecule has 2 rings (SSSR count). The molecule has 0 amide bonds. The molecule has 1 aromatic rings. The Kier molecular flexibility index (Phi) is 3.05. The predicted octanol–water partition coefficient (Wildman–Crippen LogP) is 0.963. The minimum absolute atomic E-state index is 0.0404. The molecule has 0 unspecified atom stereocenters. The Bertz CT molecular complexity index is 389. The Morgan fingerprint density at radius 3 is 2.88 bits per heavy atom. The third-order valence-electron chi connectivity index (χ3n) is 2.75. The van der Waals surface area contributed by atoms with Crippen molar-refractivity contribution >= 4 is 11.8 Å². The number of aromatic carboxylic acids is 1. The first kappa shape index (κ1) is 10.9. The molecule has 0 atom stereocenters. The highest BCUT2D eigenvalue weighted by atomic mass is 16.4. The molecule has 86 valence electrons. The maximum absolute atomic E-state index is 10.7. The van der Waals surface area contributed by atoms with Crippen molar-refractivity contribution in [2.24, 2.45) is 5.92 Å². The van der Waals surface area contributed by atoms with Crippen molar-refractivity contribution < 1.29 is 15.0 Å². The van der Waals surface area contributed by atoms with E-state index in [2.05, 4.69) is 10.3 Å². The fraction of sp³-hybridized carbons (Fsp3) is 0.455. The number of aliphatic hydroxyl groups is 1. The molecule has 16 heavy (non-hydrogen) atoms. The van der Waals surface area contributed by atoms with Crippen molar-refractivity contribution in [3.63, 3.8) is 0 Å². The molecule has 0 radical (unpaired) electrons. The van der Waals surface area contributed by atoms with E-state index >= 15 is 0 Å². The minimum Gasteiger partial charge on any atom is -0.477 e. The lowest BCUT2D eigenvalue weighted by atomic mass is 9.82. The zero-order valence-corrected chi connectivity index (χ0v) is 8.76. The van der Waals surface area contributed by atoms with Crippen molar-refractivity contribution in [2.45, 2.75) is 18.9 Å². The van der Waals surface area contributed by atoms with Crippen LogP contribution in [-0.2, 0) is 0 Å². The second kappa shape index (κ2) is 4.49. The van der Waals surface area contributed by atoms with Crippen LogP contribution in [0.4, 0.5) is 5.82 Å². The number of hydrogen-bond donors (Lipinski definition) is 3. The number of hydrogen-bond acceptors (Lipinski definition) is 4. The first-order valence-electron chi connectivity index (χ1n) is 5.27. The lowest BCUT2D eigenvalue weighted by Crippen LogP contribution is -2.33. The Morgan fingerprint density at radius 2 is 2.25 bits per heavy atom. The van der Waals surface area contributed by atoms with Crippen LogP contribution in [0.15, 0.2) is 18.2 Å². The monoisotopic (exact) mass is 222 g/mol. The first-order chi connectivity index (χ1) is 7.65. The summed E-state index contributed by atoms with van der Waals surface area (Å²) in [6, 6.07) is 4.86. The lowest BCUT2D eigenvalue weighted by Gasteiger charge is -2.31. The number of carboxylic acids is 1. The predicted molar refractivity (Wildman–Crippen MR) is 58.4 cm³/mol. The van der Waals surface area contributed by atoms with Crippen LogP contribution in [0.2, 0.25) is 0 Å². The SMILES string of the molecule is O=C(O)c1cccc(NCC2CC(O)C2)n1. The van der Waals surface area contributed by atoms with Crippen LogP contribution in [0, 0.1) is 5.92 Å². The van der Waals surface area contributed by atoms with Gasteiger partial charge in [0.1, 0.15) is 5.82 Å². The van der Waals surface area contributed by atoms with E-state index in [4.69, 9.17) is 10.2 Å². The highest BCUT2D eigenvalue weighted by Crippen LogP contribution is 2.27. The number of carbonyl (C=O) groups is 1. The zero-order valence-electron chi connectivity index (χ0n) is 8.76. The third-order valence-corrected chi connectivity index (χ3v) is 2.75. The first-order valence-corrected chi connectivity index (χ1v) is 5.27. The highest BCUT2D eigenvalue weighted by Gasteiger charge is 2.26. The summed E-state index contributed by atoms with van der Waals surface area (Å²) in [7, 11) is 0. The number of carboxylic acid groups (broad SMARTS) is 1. The van der Waals surface area contributed by atoms with Crippen LogP contribution < -0.4 is 5.32 Å². The van der Waals surface area contributed by atoms with Gasteiger partial charge in [-0.25, -0.2) is 9.78 Å². The number of aliphatic hydroxyl groups excluding tert-OH is 1. The van der Waals surface area contributed by atoms with Crippen LogP contribution in [0.5, 0.6) is 0 Å². The minimum atomic E-state index is -1.03. The van der Waals surface area contributed by atoms with Gasteiger partial charge in [0.15, 0.2) is 5.69 Å². The molecule has 1 heterocycles. The van der Waals surface area contributed by atoms with Crippen LogP contribution in [0.3, 0.4) is 0 Å². The molecule has 5 heteroatoms. The molecule has 0 aromatic carbocycles. The summed E-state index contributed by atoms with van der Waals surface area (Å²) in [6.45, 7) is 0.729. The molecule has 0 saturated heterocycles. The topological polar surface area (TPSA) is 82.5 Å². The number of pyridine rings is 1. The van der Waals surface area contributed by atoms with Crippen molar-refractivity contribution in [3.8, 4) is 0 Å². The summed E-state index contributed by atoms with van der Waals surface area (Å²) in [5, 5.41) is 20.9. The average Bonchev–Trinajstić information content (AvgIpc) is 2.23. The summed E-state index contributed by atoms with van der Waals surface area (Å²) >= 11 is 0. The van der Waals surface area contributed by atoms with E-state index in [0.29, 0.717) is 11.7 Å². The zero-order chi connectivity index (χ0) is 11.5. The van der Waals surface area contributed by atoms with Gasteiger partial charge in [-0.1, -0.05) is 6.07 Å². The second-order valence-electron chi connectivity index (χ2n) is 4.09. The molecule has 0 aliphatic heterocycles. The molecule has 0 spiro atoms. The molecule has 5 nitrogen and oxygen atoms in total. The molecule has 1 fully saturated rings. The highest BCUT2D eigenvalue weighted by molar-refractivity contribution is 5.85. The van der Waals surface area contributed by atoms with E-state index in [1.54, 1.807) is 12.1 Å². The molecular formula is C11H14N2O3. The van der Waals surface area contributed by atoms with E-state index in [9.17, 15) is 4.79 Å². The molecule has 1 saturated carbocycles. The Labute approximate surface area is 93.1 Å². The molecule has 1 aliphatic carbocycles. The van der Waals surface area contributed by atoms with Gasteiger partial charge in [-0.3, -0.25) is 0 Å². The fourth-order valence-corrected chi connectivity index (χ4v) is 1.77. The van der Waals surface area contributed by atoms with Crippen LogP contribution in [-0.4, -0.2) is 33.8 Å². The van der Waals surface area contributed by atoms with E-state index in [-0.39, 0.29) is 11.8 Å². The van der Waals surface area contributed by atoms with Gasteiger partial charge >= 0.3 is 5.97 Å². The summed E-state index contributed by atoms with van der Waals surface area (Å²) in [5.41, 5.74) is 0.0404. The van der Waals surface area contributed by atoms with Crippen molar-refractivity contribution in [1.29, 1.82) is 0 Å². The summed E-state index contributed by atoms with van der Waals surface area (Å²) < 4.78 is 0. The summed E-state index contributed by atoms with van der Waals surface area (Å²) in [6.07, 6.45) is 1.46. The Balaban J connectivity index is 1.89. The smallest absolute Gasteiger partial charge is 0.354 e. The van der Waals surface area contributed by atoms with Gasteiger partial charge in [0, 0.05) is 6.54 Å². The standard InChI is InChI=1S/C11H14N2O3/c14-8-4-7(5-8)6-12-10-3-1-2-9(13-10)11(15)16/h1-3,7-8,14H,4-6H2,(H,12,13)(H,15,16). The number of nitrogens with one attached hydrogen (secondary N) is 1. The van der Waals surface area contributed by atoms with E-state index in [0.717, 1.165) is 19.4 Å². The van der Waals surface area contributed by atoms with Crippen LogP contribution in [0.1, 0.15) is 23.3 Å². The summed E-state index contributed by atoms with van der Waals surface area (Å²) in [5.74, 6) is 0.00860. The molecule has 0 bridgehead atoms. The molecule has 1 aliphatic rings. The van der Waals surface area contributed by atoms with Crippen LogP contribution >= 0.6 is 0 Å². The maximum atomic E-state index is 10.7. The van der Waals surface area contributed by atoms with E-state index < -0.39 is 5.97 Å². The summed E-state index contributed by atoms with van der Waals surface area (Å²) in [4.78, 5) is 14.6. The van der Waals surface area contributed by atoms with Gasteiger partial charge in [0.05, 0.1) is 6.10 Å². The van der Waals surface area contributed by atoms with Gasteiger partial charge < -0.3 is 15.5 Å². The van der Waals surface area contributed by atoms with Crippen molar-refractivity contribution in [3.05, 3.63) is 23.9 Å². The number of aromatic nitrogens is 1. The molecule has 3 N–H and O–H groups in total. The molecular weight excluding hydrogens is 208 g/mol. The Morgan fingerprint density at radius 1 is 1.50 bits per heavy atom. The largest absolute Gasteiger partial charge is 0.477 e. The van der Waals surface area contributed by atoms with Gasteiger partial charge in [-0.15, -0.1) is 0 Å². The number of nitrogens with zero attached hydrogens (tertiary/aromatic N) is 1. The number of anilines is 1. The van der Waals surface area contributed by atoms with Crippen molar-refractivity contribution in [1.82, 2.24) is 4.98 Å². The lowest BCUT2D eigenvalue weighted by molar-refractivity contribution is 0.0486. The quantitative estimate of drug-likeness (QED) is 0.707. The van der Waals surface area contributed by atoms with E-state index in [1.807, 2.05) is 0 Å².